The summed E-state index contributed by atoms with van der Waals surface area (Å²) in [6.45, 7) is 1.74. The molecule has 1 aliphatic heterocycles. The molecule has 0 aromatic carbocycles. The SMILES string of the molecule is O=C(O)c1cncc(NC2=NCC3(CCN2)CC3)c1. The summed E-state index contributed by atoms with van der Waals surface area (Å²) in [7, 11) is 0. The standard InChI is InChI=1S/C13H16N4O2/c18-11(19)9-5-10(7-14-6-9)17-12-15-4-3-13(1-2-13)8-16-12/h5-7H,1-4,8H2,(H,18,19)(H2,15,16,17). The molecular weight excluding hydrogens is 244 g/mol. The lowest BCUT2D eigenvalue weighted by Gasteiger charge is -2.09. The van der Waals surface area contributed by atoms with Gasteiger partial charge in [0.05, 0.1) is 17.4 Å². The van der Waals surface area contributed by atoms with Gasteiger partial charge in [0.25, 0.3) is 0 Å². The number of aliphatic imine (C=N–C) groups is 1. The predicted molar refractivity (Wildman–Crippen MR) is 71.4 cm³/mol. The van der Waals surface area contributed by atoms with E-state index in [-0.39, 0.29) is 5.56 Å². The number of hydrogen-bond donors (Lipinski definition) is 3. The van der Waals surface area contributed by atoms with Gasteiger partial charge in [-0.2, -0.15) is 0 Å². The molecule has 1 saturated carbocycles. The minimum absolute atomic E-state index is 0.165. The van der Waals surface area contributed by atoms with E-state index in [1.54, 1.807) is 12.3 Å². The molecule has 0 amide bonds. The fourth-order valence-corrected chi connectivity index (χ4v) is 2.26. The minimum Gasteiger partial charge on any atom is -0.478 e. The summed E-state index contributed by atoms with van der Waals surface area (Å²) in [5, 5.41) is 15.3. The van der Waals surface area contributed by atoms with E-state index in [1.165, 1.54) is 19.0 Å². The van der Waals surface area contributed by atoms with Crippen LogP contribution in [0.4, 0.5) is 5.69 Å². The van der Waals surface area contributed by atoms with Crippen LogP contribution < -0.4 is 10.6 Å². The zero-order valence-corrected chi connectivity index (χ0v) is 10.5. The summed E-state index contributed by atoms with van der Waals surface area (Å²) in [6.07, 6.45) is 6.60. The largest absolute Gasteiger partial charge is 0.478 e. The van der Waals surface area contributed by atoms with E-state index in [2.05, 4.69) is 20.6 Å². The maximum atomic E-state index is 10.9. The zero-order chi connectivity index (χ0) is 13.3. The number of nitrogens with one attached hydrogen (secondary N) is 2. The van der Waals surface area contributed by atoms with Crippen LogP contribution >= 0.6 is 0 Å². The second-order valence-electron chi connectivity index (χ2n) is 5.23. The van der Waals surface area contributed by atoms with Gasteiger partial charge >= 0.3 is 5.97 Å². The molecule has 1 fully saturated rings. The normalized spacial score (nSPS) is 20.1. The van der Waals surface area contributed by atoms with E-state index in [9.17, 15) is 4.79 Å². The monoisotopic (exact) mass is 260 g/mol. The number of pyridine rings is 1. The summed E-state index contributed by atoms with van der Waals surface area (Å²) in [4.78, 5) is 19.3. The maximum Gasteiger partial charge on any atom is 0.337 e. The van der Waals surface area contributed by atoms with Crippen molar-refractivity contribution in [2.75, 3.05) is 18.4 Å². The highest BCUT2D eigenvalue weighted by Crippen LogP contribution is 2.49. The molecule has 1 spiro atoms. The number of anilines is 1. The summed E-state index contributed by atoms with van der Waals surface area (Å²) < 4.78 is 0. The van der Waals surface area contributed by atoms with Crippen molar-refractivity contribution in [3.63, 3.8) is 0 Å². The lowest BCUT2D eigenvalue weighted by molar-refractivity contribution is 0.0696. The molecule has 0 bridgehead atoms. The Morgan fingerprint density at radius 3 is 2.95 bits per heavy atom. The molecule has 6 nitrogen and oxygen atoms in total. The first-order valence-corrected chi connectivity index (χ1v) is 6.41. The van der Waals surface area contributed by atoms with Gasteiger partial charge in [0.15, 0.2) is 5.96 Å². The van der Waals surface area contributed by atoms with Crippen molar-refractivity contribution < 1.29 is 9.90 Å². The Morgan fingerprint density at radius 2 is 2.21 bits per heavy atom. The molecule has 0 unspecified atom stereocenters. The summed E-state index contributed by atoms with van der Waals surface area (Å²) in [5.41, 5.74) is 1.23. The van der Waals surface area contributed by atoms with Crippen molar-refractivity contribution >= 4 is 17.6 Å². The van der Waals surface area contributed by atoms with E-state index in [0.29, 0.717) is 17.1 Å². The first-order valence-electron chi connectivity index (χ1n) is 6.41. The highest BCUT2D eigenvalue weighted by atomic mass is 16.4. The number of nitrogens with zero attached hydrogens (tertiary/aromatic N) is 2. The Morgan fingerprint density at radius 1 is 1.37 bits per heavy atom. The van der Waals surface area contributed by atoms with Gasteiger partial charge in [0, 0.05) is 19.3 Å². The first-order chi connectivity index (χ1) is 9.17. The molecule has 19 heavy (non-hydrogen) atoms. The minimum atomic E-state index is -0.983. The number of carboxylic acids is 1. The Bertz CT molecular complexity index is 537. The van der Waals surface area contributed by atoms with Crippen LogP contribution in [0.5, 0.6) is 0 Å². The van der Waals surface area contributed by atoms with Crippen LogP contribution in [0.1, 0.15) is 29.6 Å². The number of rotatable bonds is 2. The quantitative estimate of drug-likeness (QED) is 0.746. The van der Waals surface area contributed by atoms with Gasteiger partial charge in [-0.15, -0.1) is 0 Å². The molecular formula is C13H16N4O2. The van der Waals surface area contributed by atoms with E-state index in [4.69, 9.17) is 5.11 Å². The third-order valence-electron chi connectivity index (χ3n) is 3.73. The smallest absolute Gasteiger partial charge is 0.337 e. The Hall–Kier alpha value is -2.11. The van der Waals surface area contributed by atoms with Crippen LogP contribution in [0, 0.1) is 5.41 Å². The van der Waals surface area contributed by atoms with Crippen LogP contribution in [-0.4, -0.2) is 35.1 Å². The van der Waals surface area contributed by atoms with Crippen molar-refractivity contribution in [3.8, 4) is 0 Å². The van der Waals surface area contributed by atoms with Gasteiger partial charge in [-0.05, 0) is 30.7 Å². The van der Waals surface area contributed by atoms with Gasteiger partial charge in [-0.3, -0.25) is 9.98 Å². The molecule has 0 radical (unpaired) electrons. The van der Waals surface area contributed by atoms with Crippen LogP contribution in [0.15, 0.2) is 23.5 Å². The van der Waals surface area contributed by atoms with Crippen LogP contribution in [0.3, 0.4) is 0 Å². The topological polar surface area (TPSA) is 86.6 Å². The van der Waals surface area contributed by atoms with Gasteiger partial charge < -0.3 is 15.7 Å². The average Bonchev–Trinajstić information content (AvgIpc) is 3.19. The molecule has 1 aliphatic carbocycles. The molecule has 1 aromatic heterocycles. The number of carboxylic acid groups (broad SMARTS) is 1. The van der Waals surface area contributed by atoms with Crippen LogP contribution in [0.25, 0.3) is 0 Å². The maximum absolute atomic E-state index is 10.9. The highest BCUT2D eigenvalue weighted by molar-refractivity contribution is 5.95. The molecule has 2 heterocycles. The molecule has 0 saturated heterocycles. The van der Waals surface area contributed by atoms with E-state index < -0.39 is 5.97 Å². The first kappa shape index (κ1) is 12.0. The lowest BCUT2D eigenvalue weighted by atomic mass is 10.0. The average molecular weight is 260 g/mol. The fraction of sp³-hybridized carbons (Fsp3) is 0.462. The number of aromatic nitrogens is 1. The van der Waals surface area contributed by atoms with Crippen molar-refractivity contribution in [3.05, 3.63) is 24.0 Å². The molecule has 0 atom stereocenters. The molecule has 100 valence electrons. The van der Waals surface area contributed by atoms with Crippen molar-refractivity contribution in [1.82, 2.24) is 10.3 Å². The summed E-state index contributed by atoms with van der Waals surface area (Å²) >= 11 is 0. The zero-order valence-electron chi connectivity index (χ0n) is 10.5. The summed E-state index contributed by atoms with van der Waals surface area (Å²) in [5.74, 6) is -0.281. The number of carbonyl (C=O) groups is 1. The van der Waals surface area contributed by atoms with Crippen molar-refractivity contribution in [2.24, 2.45) is 10.4 Å². The lowest BCUT2D eigenvalue weighted by Crippen LogP contribution is -2.30. The molecule has 2 aliphatic rings. The number of aromatic carboxylic acids is 1. The van der Waals surface area contributed by atoms with Crippen LogP contribution in [-0.2, 0) is 0 Å². The molecule has 1 aromatic rings. The van der Waals surface area contributed by atoms with Crippen molar-refractivity contribution in [1.29, 1.82) is 0 Å². The third kappa shape index (κ3) is 2.67. The Labute approximate surface area is 111 Å². The second-order valence-corrected chi connectivity index (χ2v) is 5.23. The Kier molecular flexibility index (Phi) is 2.85. The van der Waals surface area contributed by atoms with E-state index in [1.807, 2.05) is 0 Å². The molecule has 6 heteroatoms. The van der Waals surface area contributed by atoms with Gasteiger partial charge in [-0.25, -0.2) is 4.79 Å². The molecule has 3 N–H and O–H groups in total. The van der Waals surface area contributed by atoms with Crippen LogP contribution in [0.2, 0.25) is 0 Å². The number of hydrogen-bond acceptors (Lipinski definition) is 5. The fourth-order valence-electron chi connectivity index (χ4n) is 2.26. The van der Waals surface area contributed by atoms with Crippen molar-refractivity contribution in [2.45, 2.75) is 19.3 Å². The number of guanidine groups is 1. The van der Waals surface area contributed by atoms with Gasteiger partial charge in [-0.1, -0.05) is 0 Å². The highest BCUT2D eigenvalue weighted by Gasteiger charge is 2.42. The van der Waals surface area contributed by atoms with Gasteiger partial charge in [0.1, 0.15) is 0 Å². The predicted octanol–water partition coefficient (Wildman–Crippen LogP) is 1.32. The summed E-state index contributed by atoms with van der Waals surface area (Å²) in [6, 6.07) is 1.55. The third-order valence-corrected chi connectivity index (χ3v) is 3.73. The second kappa shape index (κ2) is 4.53. The van der Waals surface area contributed by atoms with E-state index >= 15 is 0 Å². The Balaban J connectivity index is 1.72. The molecule has 3 rings (SSSR count). The van der Waals surface area contributed by atoms with E-state index in [0.717, 1.165) is 19.5 Å². The van der Waals surface area contributed by atoms with Gasteiger partial charge in [0.2, 0.25) is 0 Å².